The summed E-state index contributed by atoms with van der Waals surface area (Å²) in [6.45, 7) is 1.69. The quantitative estimate of drug-likeness (QED) is 0.495. The van der Waals surface area contributed by atoms with Gasteiger partial charge in [-0.05, 0) is 49.6 Å². The number of aryl methyl sites for hydroxylation is 2. The lowest BCUT2D eigenvalue weighted by Crippen LogP contribution is -2.12. The van der Waals surface area contributed by atoms with Gasteiger partial charge in [-0.25, -0.2) is 9.37 Å². The molecule has 152 valence electrons. The summed E-state index contributed by atoms with van der Waals surface area (Å²) < 4.78 is 24.7. The van der Waals surface area contributed by atoms with Gasteiger partial charge < -0.3 is 14.3 Å². The van der Waals surface area contributed by atoms with E-state index in [4.69, 9.17) is 8.94 Å². The van der Waals surface area contributed by atoms with Crippen molar-refractivity contribution in [2.24, 2.45) is 0 Å². The van der Waals surface area contributed by atoms with Crippen molar-refractivity contribution in [3.63, 3.8) is 0 Å². The number of carbonyl (C=O) groups excluding carboxylic acids is 1. The van der Waals surface area contributed by atoms with Crippen LogP contribution in [0.4, 0.5) is 10.1 Å². The van der Waals surface area contributed by atoms with E-state index in [1.165, 1.54) is 6.07 Å². The Hall–Kier alpha value is -3.55. The van der Waals surface area contributed by atoms with Crippen LogP contribution in [0, 0.1) is 12.7 Å². The lowest BCUT2D eigenvalue weighted by molar-refractivity contribution is -0.116. The molecule has 2 aromatic carbocycles. The number of aromatic nitrogens is 3. The van der Waals surface area contributed by atoms with E-state index in [2.05, 4.69) is 20.4 Å². The molecular formula is C22H19FN4O3. The number of nitrogens with one attached hydrogen (secondary N) is 1. The first kappa shape index (κ1) is 18.5. The van der Waals surface area contributed by atoms with Gasteiger partial charge >= 0.3 is 0 Å². The van der Waals surface area contributed by atoms with E-state index < -0.39 is 0 Å². The molecule has 0 spiro atoms. The van der Waals surface area contributed by atoms with Crippen LogP contribution >= 0.6 is 0 Å². The molecule has 5 rings (SSSR count). The number of rotatable bonds is 6. The molecule has 0 atom stereocenters. The number of fused-ring (bicyclic) bond motifs is 1. The van der Waals surface area contributed by atoms with Crippen LogP contribution in [0.1, 0.15) is 42.5 Å². The van der Waals surface area contributed by atoms with Gasteiger partial charge in [-0.3, -0.25) is 4.79 Å². The summed E-state index contributed by atoms with van der Waals surface area (Å²) in [6.07, 6.45) is 2.69. The maximum atomic E-state index is 13.7. The maximum absolute atomic E-state index is 13.7. The summed E-state index contributed by atoms with van der Waals surface area (Å²) in [5.74, 6) is 1.32. The first-order valence-corrected chi connectivity index (χ1v) is 9.84. The fraction of sp³-hybridized carbons (Fsp3) is 0.273. The van der Waals surface area contributed by atoms with Gasteiger partial charge in [0.1, 0.15) is 11.3 Å². The second-order valence-electron chi connectivity index (χ2n) is 7.53. The lowest BCUT2D eigenvalue weighted by Gasteiger charge is -2.03. The molecule has 8 heteroatoms. The Morgan fingerprint density at radius 3 is 2.87 bits per heavy atom. The number of nitrogens with zero attached hydrogens (tertiary/aromatic N) is 3. The predicted octanol–water partition coefficient (Wildman–Crippen LogP) is 4.77. The molecule has 1 amide bonds. The molecule has 0 radical (unpaired) electrons. The summed E-state index contributed by atoms with van der Waals surface area (Å²) in [6, 6.07) is 10.2. The maximum Gasteiger partial charge on any atom is 0.227 e. The van der Waals surface area contributed by atoms with Crippen LogP contribution < -0.4 is 5.32 Å². The van der Waals surface area contributed by atoms with Crippen molar-refractivity contribution >= 4 is 22.7 Å². The van der Waals surface area contributed by atoms with Gasteiger partial charge in [0.25, 0.3) is 0 Å². The Labute approximate surface area is 171 Å². The van der Waals surface area contributed by atoms with E-state index in [1.807, 2.05) is 6.07 Å². The van der Waals surface area contributed by atoms with Crippen LogP contribution in [-0.4, -0.2) is 21.0 Å². The summed E-state index contributed by atoms with van der Waals surface area (Å²) in [5.41, 5.74) is 3.20. The van der Waals surface area contributed by atoms with Gasteiger partial charge in [-0.1, -0.05) is 17.3 Å². The summed E-state index contributed by atoms with van der Waals surface area (Å²) in [7, 11) is 0. The molecule has 7 nitrogen and oxygen atoms in total. The van der Waals surface area contributed by atoms with Crippen LogP contribution in [0.3, 0.4) is 0 Å². The highest BCUT2D eigenvalue weighted by Gasteiger charge is 2.28. The number of halogens is 1. The minimum Gasteiger partial charge on any atom is -0.440 e. The van der Waals surface area contributed by atoms with Gasteiger partial charge in [0.15, 0.2) is 11.5 Å². The highest BCUT2D eigenvalue weighted by molar-refractivity contribution is 5.92. The van der Waals surface area contributed by atoms with Crippen LogP contribution in [-0.2, 0) is 11.2 Å². The summed E-state index contributed by atoms with van der Waals surface area (Å²) >= 11 is 0. The molecule has 0 saturated heterocycles. The highest BCUT2D eigenvalue weighted by atomic mass is 19.1. The highest BCUT2D eigenvalue weighted by Crippen LogP contribution is 2.40. The average molecular weight is 406 g/mol. The third kappa shape index (κ3) is 3.80. The number of hydrogen-bond acceptors (Lipinski definition) is 6. The first-order valence-electron chi connectivity index (χ1n) is 9.84. The summed E-state index contributed by atoms with van der Waals surface area (Å²) in [5, 5.41) is 6.72. The lowest BCUT2D eigenvalue weighted by atomic mass is 10.1. The molecule has 0 unspecified atom stereocenters. The van der Waals surface area contributed by atoms with Crippen molar-refractivity contribution in [3.8, 4) is 11.4 Å². The normalized spacial score (nSPS) is 13.7. The smallest absolute Gasteiger partial charge is 0.227 e. The van der Waals surface area contributed by atoms with E-state index in [0.717, 1.165) is 29.8 Å². The van der Waals surface area contributed by atoms with E-state index in [9.17, 15) is 9.18 Å². The fourth-order valence-corrected chi connectivity index (χ4v) is 3.18. The second-order valence-corrected chi connectivity index (χ2v) is 7.53. The SMILES string of the molecule is Cc1ccc(-c2noc(CCC(=O)Nc3ccc4oc(C5CC5)nc4c3)n2)cc1F. The Bertz CT molecular complexity index is 1240. The van der Waals surface area contributed by atoms with E-state index in [-0.39, 0.29) is 24.6 Å². The topological polar surface area (TPSA) is 94.1 Å². The molecule has 1 aliphatic rings. The Balaban J connectivity index is 1.20. The van der Waals surface area contributed by atoms with Gasteiger partial charge in [0, 0.05) is 30.0 Å². The molecule has 1 N–H and O–H groups in total. The van der Waals surface area contributed by atoms with Gasteiger partial charge in [0.2, 0.25) is 17.6 Å². The molecule has 1 aliphatic carbocycles. The van der Waals surface area contributed by atoms with Crippen molar-refractivity contribution in [2.45, 2.75) is 38.5 Å². The largest absolute Gasteiger partial charge is 0.440 e. The average Bonchev–Trinajstić information content (AvgIpc) is 3.32. The molecule has 0 aliphatic heterocycles. The predicted molar refractivity (Wildman–Crippen MR) is 107 cm³/mol. The molecular weight excluding hydrogens is 387 g/mol. The summed E-state index contributed by atoms with van der Waals surface area (Å²) in [4.78, 5) is 21.1. The Morgan fingerprint density at radius 1 is 1.20 bits per heavy atom. The standard InChI is InChI=1S/C22H19FN4O3/c1-12-2-3-14(10-16(12)23)21-26-20(30-27-21)9-8-19(28)24-15-6-7-18-17(11-15)25-22(29-18)13-4-5-13/h2-3,6-7,10-11,13H,4-5,8-9H2,1H3,(H,24,28). The zero-order valence-electron chi connectivity index (χ0n) is 16.3. The number of hydrogen-bond donors (Lipinski definition) is 1. The van der Waals surface area contributed by atoms with Crippen LogP contribution in [0.25, 0.3) is 22.5 Å². The Morgan fingerprint density at radius 2 is 2.07 bits per heavy atom. The van der Waals surface area contributed by atoms with Crippen molar-refractivity contribution in [3.05, 3.63) is 59.6 Å². The molecule has 1 saturated carbocycles. The third-order valence-electron chi connectivity index (χ3n) is 5.08. The van der Waals surface area contributed by atoms with Crippen molar-refractivity contribution in [1.82, 2.24) is 15.1 Å². The molecule has 1 fully saturated rings. The molecule has 2 aromatic heterocycles. The van der Waals surface area contributed by atoms with Crippen LogP contribution in [0.5, 0.6) is 0 Å². The first-order chi connectivity index (χ1) is 14.5. The minimum atomic E-state index is -0.327. The zero-order chi connectivity index (χ0) is 20.7. The van der Waals surface area contributed by atoms with E-state index in [0.29, 0.717) is 34.4 Å². The molecule has 2 heterocycles. The minimum absolute atomic E-state index is 0.175. The number of oxazole rings is 1. The monoisotopic (exact) mass is 406 g/mol. The van der Waals surface area contributed by atoms with Crippen LogP contribution in [0.2, 0.25) is 0 Å². The zero-order valence-corrected chi connectivity index (χ0v) is 16.3. The number of carbonyl (C=O) groups is 1. The van der Waals surface area contributed by atoms with Gasteiger partial charge in [-0.2, -0.15) is 4.98 Å². The molecule has 0 bridgehead atoms. The Kier molecular flexibility index (Phi) is 4.54. The number of anilines is 1. The second kappa shape index (κ2) is 7.37. The van der Waals surface area contributed by atoms with Crippen molar-refractivity contribution in [1.29, 1.82) is 0 Å². The van der Waals surface area contributed by atoms with Gasteiger partial charge in [0.05, 0.1) is 0 Å². The number of benzene rings is 2. The van der Waals surface area contributed by atoms with E-state index >= 15 is 0 Å². The third-order valence-corrected chi connectivity index (χ3v) is 5.08. The molecule has 4 aromatic rings. The molecule has 30 heavy (non-hydrogen) atoms. The van der Waals surface area contributed by atoms with E-state index in [1.54, 1.807) is 31.2 Å². The van der Waals surface area contributed by atoms with Crippen LogP contribution in [0.15, 0.2) is 45.3 Å². The van der Waals surface area contributed by atoms with Crippen molar-refractivity contribution in [2.75, 3.05) is 5.32 Å². The fourth-order valence-electron chi connectivity index (χ4n) is 3.18. The van der Waals surface area contributed by atoms with Crippen molar-refractivity contribution < 1.29 is 18.1 Å². The van der Waals surface area contributed by atoms with Gasteiger partial charge in [-0.15, -0.1) is 0 Å². The number of amides is 1.